The van der Waals surface area contributed by atoms with Crippen molar-refractivity contribution in [2.75, 3.05) is 46.4 Å². The number of carbonyl (C=O) groups excluding carboxylic acids is 1. The van der Waals surface area contributed by atoms with Crippen LogP contribution in [0.3, 0.4) is 0 Å². The highest BCUT2D eigenvalue weighted by molar-refractivity contribution is 5.68. The molecule has 0 N–H and O–H groups in total. The molecule has 0 bridgehead atoms. The van der Waals surface area contributed by atoms with E-state index in [1.54, 1.807) is 12.0 Å². The van der Waals surface area contributed by atoms with Gasteiger partial charge in [0.1, 0.15) is 5.60 Å². The second-order valence-electron chi connectivity index (χ2n) is 7.84. The molecule has 0 aromatic heterocycles. The van der Waals surface area contributed by atoms with Gasteiger partial charge in [-0.2, -0.15) is 0 Å². The van der Waals surface area contributed by atoms with Crippen molar-refractivity contribution < 1.29 is 19.0 Å². The summed E-state index contributed by atoms with van der Waals surface area (Å²) in [7, 11) is 1.75. The van der Waals surface area contributed by atoms with Crippen LogP contribution in [-0.2, 0) is 14.2 Å². The van der Waals surface area contributed by atoms with Crippen molar-refractivity contribution in [3.8, 4) is 0 Å². The molecule has 0 saturated carbocycles. The summed E-state index contributed by atoms with van der Waals surface area (Å²) < 4.78 is 16.9. The second kappa shape index (κ2) is 9.02. The minimum Gasteiger partial charge on any atom is -0.444 e. The zero-order valence-electron chi connectivity index (χ0n) is 15.8. The Morgan fingerprint density at radius 1 is 1.00 bits per heavy atom. The molecule has 6 nitrogen and oxygen atoms in total. The Morgan fingerprint density at radius 3 is 2.04 bits per heavy atom. The molecule has 2 aliphatic rings. The number of hydrogen-bond donors (Lipinski definition) is 0. The maximum atomic E-state index is 12.1. The third-order valence-corrected chi connectivity index (χ3v) is 4.62. The summed E-state index contributed by atoms with van der Waals surface area (Å²) in [5.74, 6) is 0. The van der Waals surface area contributed by atoms with E-state index in [0.717, 1.165) is 65.0 Å². The molecule has 140 valence electrons. The second-order valence-corrected chi connectivity index (χ2v) is 7.84. The van der Waals surface area contributed by atoms with Gasteiger partial charge in [-0.1, -0.05) is 0 Å². The lowest BCUT2D eigenvalue weighted by atomic mass is 10.0. The lowest BCUT2D eigenvalue weighted by molar-refractivity contribution is -0.0673. The molecule has 0 radical (unpaired) electrons. The molecule has 2 fully saturated rings. The number of nitrogens with zero attached hydrogens (tertiary/aromatic N) is 2. The van der Waals surface area contributed by atoms with E-state index < -0.39 is 5.60 Å². The summed E-state index contributed by atoms with van der Waals surface area (Å²) in [6.45, 7) is 11.2. The first-order valence-corrected chi connectivity index (χ1v) is 9.22. The van der Waals surface area contributed by atoms with Crippen molar-refractivity contribution >= 4 is 6.09 Å². The standard InChI is InChI=1S/C18H34N2O4/c1-18(2,3)24-17(21)20-11-7-16(8-12-20)23-15-5-9-19(10-6-15)13-14-22-4/h15-16H,5-14H2,1-4H3. The smallest absolute Gasteiger partial charge is 0.410 e. The van der Waals surface area contributed by atoms with Crippen molar-refractivity contribution in [2.24, 2.45) is 0 Å². The number of carbonyl (C=O) groups is 1. The largest absolute Gasteiger partial charge is 0.444 e. The Balaban J connectivity index is 1.64. The van der Waals surface area contributed by atoms with E-state index in [0.29, 0.717) is 6.10 Å². The van der Waals surface area contributed by atoms with Crippen molar-refractivity contribution in [1.29, 1.82) is 0 Å². The molecule has 1 amide bonds. The molecule has 0 aromatic rings. The maximum Gasteiger partial charge on any atom is 0.410 e. The van der Waals surface area contributed by atoms with Crippen LogP contribution in [0.5, 0.6) is 0 Å². The fourth-order valence-corrected chi connectivity index (χ4v) is 3.26. The highest BCUT2D eigenvalue weighted by Gasteiger charge is 2.29. The topological polar surface area (TPSA) is 51.2 Å². The zero-order chi connectivity index (χ0) is 17.6. The van der Waals surface area contributed by atoms with Crippen LogP contribution in [-0.4, -0.2) is 80.1 Å². The first-order chi connectivity index (χ1) is 11.4. The van der Waals surface area contributed by atoms with Gasteiger partial charge in [-0.3, -0.25) is 0 Å². The minimum absolute atomic E-state index is 0.201. The van der Waals surface area contributed by atoms with Crippen molar-refractivity contribution in [1.82, 2.24) is 9.80 Å². The van der Waals surface area contributed by atoms with Crippen LogP contribution in [0.25, 0.3) is 0 Å². The lowest BCUT2D eigenvalue weighted by Crippen LogP contribution is -2.45. The van der Waals surface area contributed by atoms with Gasteiger partial charge in [-0.25, -0.2) is 4.79 Å². The third-order valence-electron chi connectivity index (χ3n) is 4.62. The van der Waals surface area contributed by atoms with Gasteiger partial charge in [0, 0.05) is 39.8 Å². The van der Waals surface area contributed by atoms with E-state index in [2.05, 4.69) is 4.90 Å². The Hall–Kier alpha value is -0.850. The molecule has 0 atom stereocenters. The van der Waals surface area contributed by atoms with Crippen LogP contribution in [0, 0.1) is 0 Å². The van der Waals surface area contributed by atoms with Gasteiger partial charge >= 0.3 is 6.09 Å². The Morgan fingerprint density at radius 2 is 1.54 bits per heavy atom. The molecule has 2 heterocycles. The van der Waals surface area contributed by atoms with Gasteiger partial charge in [0.2, 0.25) is 0 Å². The number of methoxy groups -OCH3 is 1. The number of rotatable bonds is 5. The van der Waals surface area contributed by atoms with Gasteiger partial charge in [-0.05, 0) is 46.5 Å². The SMILES string of the molecule is COCCN1CCC(OC2CCN(C(=O)OC(C)(C)C)CC2)CC1. The summed E-state index contributed by atoms with van der Waals surface area (Å²) in [5.41, 5.74) is -0.429. The summed E-state index contributed by atoms with van der Waals surface area (Å²) >= 11 is 0. The van der Waals surface area contributed by atoms with Gasteiger partial charge in [-0.15, -0.1) is 0 Å². The number of ether oxygens (including phenoxy) is 3. The Labute approximate surface area is 146 Å². The molecule has 2 aliphatic heterocycles. The molecule has 0 aliphatic carbocycles. The number of piperidine rings is 2. The summed E-state index contributed by atoms with van der Waals surface area (Å²) in [4.78, 5) is 16.3. The molecule has 2 saturated heterocycles. The quantitative estimate of drug-likeness (QED) is 0.768. The van der Waals surface area contributed by atoms with E-state index in [4.69, 9.17) is 14.2 Å². The van der Waals surface area contributed by atoms with Gasteiger partial charge in [0.25, 0.3) is 0 Å². The molecular formula is C18H34N2O4. The highest BCUT2D eigenvalue weighted by Crippen LogP contribution is 2.22. The van der Waals surface area contributed by atoms with Crippen LogP contribution in [0.15, 0.2) is 0 Å². The predicted octanol–water partition coefficient (Wildman–Crippen LogP) is 2.51. The van der Waals surface area contributed by atoms with Crippen LogP contribution in [0.2, 0.25) is 0 Å². The van der Waals surface area contributed by atoms with Crippen molar-refractivity contribution in [2.45, 2.75) is 64.3 Å². The number of hydrogen-bond acceptors (Lipinski definition) is 5. The van der Waals surface area contributed by atoms with E-state index in [1.807, 2.05) is 20.8 Å². The van der Waals surface area contributed by atoms with Crippen LogP contribution >= 0.6 is 0 Å². The number of likely N-dealkylation sites (tertiary alicyclic amines) is 2. The van der Waals surface area contributed by atoms with Crippen molar-refractivity contribution in [3.05, 3.63) is 0 Å². The fourth-order valence-electron chi connectivity index (χ4n) is 3.26. The normalized spacial score (nSPS) is 21.9. The van der Waals surface area contributed by atoms with Crippen LogP contribution in [0.4, 0.5) is 4.79 Å². The molecule has 2 rings (SSSR count). The molecule has 6 heteroatoms. The first kappa shape index (κ1) is 19.5. The Kier molecular flexibility index (Phi) is 7.32. The minimum atomic E-state index is -0.429. The molecule has 0 spiro atoms. The maximum absolute atomic E-state index is 12.1. The van der Waals surface area contributed by atoms with Gasteiger partial charge in [0.05, 0.1) is 18.8 Å². The molecular weight excluding hydrogens is 308 g/mol. The van der Waals surface area contributed by atoms with Gasteiger partial charge < -0.3 is 24.0 Å². The van der Waals surface area contributed by atoms with Gasteiger partial charge in [0.15, 0.2) is 0 Å². The monoisotopic (exact) mass is 342 g/mol. The van der Waals surface area contributed by atoms with E-state index in [9.17, 15) is 4.79 Å². The van der Waals surface area contributed by atoms with E-state index >= 15 is 0 Å². The Bertz CT molecular complexity index is 381. The predicted molar refractivity (Wildman–Crippen MR) is 93.3 cm³/mol. The van der Waals surface area contributed by atoms with Crippen LogP contribution in [0.1, 0.15) is 46.5 Å². The van der Waals surface area contributed by atoms with E-state index in [-0.39, 0.29) is 12.2 Å². The summed E-state index contributed by atoms with van der Waals surface area (Å²) in [6, 6.07) is 0. The molecule has 24 heavy (non-hydrogen) atoms. The lowest BCUT2D eigenvalue weighted by Gasteiger charge is -2.37. The third kappa shape index (κ3) is 6.57. The average molecular weight is 342 g/mol. The van der Waals surface area contributed by atoms with Crippen molar-refractivity contribution in [3.63, 3.8) is 0 Å². The first-order valence-electron chi connectivity index (χ1n) is 9.22. The highest BCUT2D eigenvalue weighted by atomic mass is 16.6. The fraction of sp³-hybridized carbons (Fsp3) is 0.944. The summed E-state index contributed by atoms with van der Waals surface area (Å²) in [5, 5.41) is 0. The molecule has 0 aromatic carbocycles. The zero-order valence-corrected chi connectivity index (χ0v) is 15.8. The molecule has 0 unspecified atom stereocenters. The number of amides is 1. The van der Waals surface area contributed by atoms with E-state index in [1.165, 1.54) is 0 Å². The average Bonchev–Trinajstić information content (AvgIpc) is 2.53. The van der Waals surface area contributed by atoms with Crippen LogP contribution < -0.4 is 0 Å². The summed E-state index contributed by atoms with van der Waals surface area (Å²) in [6.07, 6.45) is 4.44.